The summed E-state index contributed by atoms with van der Waals surface area (Å²) in [5.74, 6) is 0. The van der Waals surface area contributed by atoms with Crippen LogP contribution in [0.1, 0.15) is 22.3 Å². The summed E-state index contributed by atoms with van der Waals surface area (Å²) < 4.78 is 0. The molecule has 0 aliphatic heterocycles. The fourth-order valence-electron chi connectivity index (χ4n) is 1.64. The number of nitrogens with two attached hydrogens (primary N) is 1. The summed E-state index contributed by atoms with van der Waals surface area (Å²) in [6.07, 6.45) is 0. The first kappa shape index (κ1) is 12.2. The van der Waals surface area contributed by atoms with Crippen LogP contribution in [0, 0.1) is 6.92 Å². The van der Waals surface area contributed by atoms with E-state index in [0.29, 0.717) is 0 Å². The lowest BCUT2D eigenvalue weighted by Crippen LogP contribution is -2.26. The van der Waals surface area contributed by atoms with E-state index in [1.165, 1.54) is 0 Å². The van der Waals surface area contributed by atoms with E-state index in [9.17, 15) is 0 Å². The van der Waals surface area contributed by atoms with Gasteiger partial charge in [0.2, 0.25) is 0 Å². The normalized spacial score (nSPS) is 12.6. The lowest BCUT2D eigenvalue weighted by atomic mass is 10.1. The number of aryl methyl sites for hydroxylation is 1. The van der Waals surface area contributed by atoms with E-state index in [-0.39, 0.29) is 6.04 Å². The average molecular weight is 247 g/mol. The zero-order chi connectivity index (χ0) is 12.1. The van der Waals surface area contributed by atoms with Crippen LogP contribution in [0.4, 0.5) is 0 Å². The summed E-state index contributed by atoms with van der Waals surface area (Å²) in [6, 6.07) is 10.2. The van der Waals surface area contributed by atoms with Crippen molar-refractivity contribution in [2.45, 2.75) is 19.5 Å². The zero-order valence-electron chi connectivity index (χ0n) is 9.89. The smallest absolute Gasteiger partial charge is 0.107 e. The predicted molar refractivity (Wildman–Crippen MR) is 71.9 cm³/mol. The van der Waals surface area contributed by atoms with Crippen LogP contribution in [0.3, 0.4) is 0 Å². The van der Waals surface area contributed by atoms with E-state index >= 15 is 0 Å². The molecular weight excluding hydrogens is 230 g/mol. The highest BCUT2D eigenvalue weighted by Gasteiger charge is 2.05. The van der Waals surface area contributed by atoms with Crippen molar-refractivity contribution in [2.75, 3.05) is 6.54 Å². The molecule has 1 aromatic heterocycles. The molecule has 90 valence electrons. The Bertz CT molecular complexity index is 453. The molecule has 0 spiro atoms. The van der Waals surface area contributed by atoms with E-state index in [2.05, 4.69) is 27.8 Å². The molecule has 0 saturated heterocycles. The monoisotopic (exact) mass is 247 g/mol. The molecule has 0 radical (unpaired) electrons. The molecule has 0 aliphatic carbocycles. The number of hydrogen-bond acceptors (Lipinski definition) is 4. The van der Waals surface area contributed by atoms with Crippen LogP contribution >= 0.6 is 11.3 Å². The molecular formula is C13H17N3S. The van der Waals surface area contributed by atoms with E-state index in [1.807, 2.05) is 25.1 Å². The van der Waals surface area contributed by atoms with E-state index < -0.39 is 0 Å². The Labute approximate surface area is 106 Å². The average Bonchev–Trinajstić information content (AvgIpc) is 2.76. The Morgan fingerprint density at radius 2 is 2.12 bits per heavy atom. The highest BCUT2D eigenvalue weighted by atomic mass is 32.1. The minimum atomic E-state index is 0.0391. The van der Waals surface area contributed by atoms with Gasteiger partial charge in [0.25, 0.3) is 0 Å². The second kappa shape index (κ2) is 5.91. The summed E-state index contributed by atoms with van der Waals surface area (Å²) in [6.45, 7) is 3.57. The van der Waals surface area contributed by atoms with Crippen molar-refractivity contribution in [3.63, 3.8) is 0 Å². The summed E-state index contributed by atoms with van der Waals surface area (Å²) in [5, 5.41) is 6.51. The molecule has 0 amide bonds. The number of nitrogens with one attached hydrogen (secondary N) is 1. The summed E-state index contributed by atoms with van der Waals surface area (Å²) in [5.41, 5.74) is 8.33. The number of thiazole rings is 1. The van der Waals surface area contributed by atoms with Crippen molar-refractivity contribution < 1.29 is 0 Å². The van der Waals surface area contributed by atoms with Gasteiger partial charge in [-0.05, 0) is 12.5 Å². The maximum Gasteiger partial charge on any atom is 0.107 e. The molecule has 1 atom stereocenters. The first-order valence-corrected chi connectivity index (χ1v) is 6.56. The molecule has 1 unspecified atom stereocenters. The summed E-state index contributed by atoms with van der Waals surface area (Å²) in [7, 11) is 0. The molecule has 1 heterocycles. The first-order valence-electron chi connectivity index (χ1n) is 5.68. The van der Waals surface area contributed by atoms with Crippen LogP contribution < -0.4 is 11.1 Å². The van der Waals surface area contributed by atoms with Gasteiger partial charge < -0.3 is 11.1 Å². The minimum Gasteiger partial charge on any atom is -0.323 e. The third kappa shape index (κ3) is 3.63. The van der Waals surface area contributed by atoms with Crippen LogP contribution in [0.2, 0.25) is 0 Å². The quantitative estimate of drug-likeness (QED) is 0.852. The summed E-state index contributed by atoms with van der Waals surface area (Å²) in [4.78, 5) is 4.40. The summed E-state index contributed by atoms with van der Waals surface area (Å²) >= 11 is 1.68. The maximum atomic E-state index is 6.08. The zero-order valence-corrected chi connectivity index (χ0v) is 10.7. The fraction of sp³-hybridized carbons (Fsp3) is 0.308. The van der Waals surface area contributed by atoms with Gasteiger partial charge in [0.15, 0.2) is 0 Å². The van der Waals surface area contributed by atoms with Gasteiger partial charge in [-0.25, -0.2) is 4.98 Å². The van der Waals surface area contributed by atoms with Gasteiger partial charge in [-0.2, -0.15) is 0 Å². The maximum absolute atomic E-state index is 6.08. The largest absolute Gasteiger partial charge is 0.323 e. The number of hydrogen-bond donors (Lipinski definition) is 2. The van der Waals surface area contributed by atoms with Crippen LogP contribution in [0.5, 0.6) is 0 Å². The molecule has 0 saturated carbocycles. The molecule has 0 aliphatic rings. The van der Waals surface area contributed by atoms with Crippen LogP contribution in [-0.4, -0.2) is 11.5 Å². The fourth-order valence-corrected chi connectivity index (χ4v) is 2.38. The predicted octanol–water partition coefficient (Wildman–Crippen LogP) is 2.24. The van der Waals surface area contributed by atoms with Crippen LogP contribution in [-0.2, 0) is 6.54 Å². The standard InChI is InChI=1S/C13H17N3S/c1-10-9-17-13(16-10)8-15-7-12(14)11-5-3-2-4-6-11/h2-6,9,12,15H,7-8,14H2,1H3. The van der Waals surface area contributed by atoms with Crippen molar-refractivity contribution in [1.29, 1.82) is 0 Å². The van der Waals surface area contributed by atoms with E-state index in [1.54, 1.807) is 11.3 Å². The van der Waals surface area contributed by atoms with Crippen LogP contribution in [0.25, 0.3) is 0 Å². The first-order chi connectivity index (χ1) is 8.25. The Balaban J connectivity index is 1.79. The third-order valence-corrected chi connectivity index (χ3v) is 3.50. The van der Waals surface area contributed by atoms with Crippen LogP contribution in [0.15, 0.2) is 35.7 Å². The van der Waals surface area contributed by atoms with Crippen molar-refractivity contribution in [1.82, 2.24) is 10.3 Å². The van der Waals surface area contributed by atoms with E-state index in [4.69, 9.17) is 5.73 Å². The van der Waals surface area contributed by atoms with Gasteiger partial charge in [-0.3, -0.25) is 0 Å². The topological polar surface area (TPSA) is 50.9 Å². The molecule has 3 N–H and O–H groups in total. The van der Waals surface area contributed by atoms with Gasteiger partial charge >= 0.3 is 0 Å². The van der Waals surface area contributed by atoms with Crippen molar-refractivity contribution in [3.8, 4) is 0 Å². The second-order valence-corrected chi connectivity index (χ2v) is 4.97. The number of aromatic nitrogens is 1. The molecule has 0 bridgehead atoms. The third-order valence-electron chi connectivity index (χ3n) is 2.53. The number of benzene rings is 1. The van der Waals surface area contributed by atoms with Gasteiger partial charge in [-0.1, -0.05) is 30.3 Å². The van der Waals surface area contributed by atoms with Gasteiger partial charge in [0, 0.05) is 30.2 Å². The second-order valence-electron chi connectivity index (χ2n) is 4.03. The Morgan fingerprint density at radius 1 is 1.35 bits per heavy atom. The molecule has 1 aromatic carbocycles. The van der Waals surface area contributed by atoms with Crippen molar-refractivity contribution >= 4 is 11.3 Å². The lowest BCUT2D eigenvalue weighted by Gasteiger charge is -2.12. The molecule has 0 fully saturated rings. The molecule has 4 heteroatoms. The molecule has 3 nitrogen and oxygen atoms in total. The molecule has 17 heavy (non-hydrogen) atoms. The Kier molecular flexibility index (Phi) is 4.25. The highest BCUT2D eigenvalue weighted by molar-refractivity contribution is 7.09. The van der Waals surface area contributed by atoms with E-state index in [0.717, 1.165) is 29.4 Å². The SMILES string of the molecule is Cc1csc(CNCC(N)c2ccccc2)n1. The Morgan fingerprint density at radius 3 is 2.76 bits per heavy atom. The molecule has 2 aromatic rings. The van der Waals surface area contributed by atoms with Gasteiger partial charge in [0.05, 0.1) is 0 Å². The molecule has 2 rings (SSSR count). The van der Waals surface area contributed by atoms with Gasteiger partial charge in [0.1, 0.15) is 5.01 Å². The Hall–Kier alpha value is -1.23. The van der Waals surface area contributed by atoms with Crippen molar-refractivity contribution in [2.24, 2.45) is 5.73 Å². The lowest BCUT2D eigenvalue weighted by molar-refractivity contribution is 0.596. The van der Waals surface area contributed by atoms with Crippen molar-refractivity contribution in [3.05, 3.63) is 52.0 Å². The minimum absolute atomic E-state index is 0.0391. The van der Waals surface area contributed by atoms with Gasteiger partial charge in [-0.15, -0.1) is 11.3 Å². The highest BCUT2D eigenvalue weighted by Crippen LogP contribution is 2.10. The number of rotatable bonds is 5. The number of nitrogens with zero attached hydrogens (tertiary/aromatic N) is 1.